The monoisotopic (exact) mass is 427 g/mol. The van der Waals surface area contributed by atoms with Crippen LogP contribution < -0.4 is 0 Å². The number of carbonyl (C=O) groups is 2. The van der Waals surface area contributed by atoms with Crippen molar-refractivity contribution in [1.82, 2.24) is 14.8 Å². The van der Waals surface area contributed by atoms with Crippen LogP contribution in [-0.4, -0.2) is 52.3 Å². The summed E-state index contributed by atoms with van der Waals surface area (Å²) in [6, 6.07) is -0.222. The standard InChI is InChI=1S/C24H33N3O2S/c28-22(26-6-1-3-19(15-26)21-25-5-8-30-21)20-4-2-7-27(20)23(29)24-12-16-9-17(13-24)11-18(10-16)14-24/h5,8,16-20H,1-4,6-7,9-15H2. The Balaban J connectivity index is 1.18. The van der Waals surface area contributed by atoms with Crippen LogP contribution in [0.3, 0.4) is 0 Å². The van der Waals surface area contributed by atoms with E-state index in [0.29, 0.717) is 11.8 Å². The van der Waals surface area contributed by atoms with Crippen molar-refractivity contribution in [2.45, 2.75) is 76.2 Å². The van der Waals surface area contributed by atoms with Gasteiger partial charge in [0.1, 0.15) is 6.04 Å². The molecule has 4 bridgehead atoms. The van der Waals surface area contributed by atoms with Crippen LogP contribution in [0.1, 0.15) is 75.1 Å². The number of hydrogen-bond donors (Lipinski definition) is 0. The first-order valence-electron chi connectivity index (χ1n) is 12.1. The van der Waals surface area contributed by atoms with Gasteiger partial charge in [0.25, 0.3) is 0 Å². The molecule has 162 valence electrons. The normalized spacial score (nSPS) is 40.2. The fraction of sp³-hybridized carbons (Fsp3) is 0.792. The summed E-state index contributed by atoms with van der Waals surface area (Å²) >= 11 is 1.70. The number of nitrogens with zero attached hydrogens (tertiary/aromatic N) is 3. The number of amides is 2. The van der Waals surface area contributed by atoms with Gasteiger partial charge in [-0.15, -0.1) is 11.3 Å². The Kier molecular flexibility index (Phi) is 4.70. The lowest BCUT2D eigenvalue weighted by Gasteiger charge is -2.56. The first-order valence-corrected chi connectivity index (χ1v) is 13.0. The molecule has 4 aliphatic carbocycles. The molecule has 0 aromatic carbocycles. The van der Waals surface area contributed by atoms with Crippen LogP contribution in [0.5, 0.6) is 0 Å². The third kappa shape index (κ3) is 3.12. The number of piperidine rings is 1. The molecule has 30 heavy (non-hydrogen) atoms. The summed E-state index contributed by atoms with van der Waals surface area (Å²) in [7, 11) is 0. The van der Waals surface area contributed by atoms with Gasteiger partial charge in [0.15, 0.2) is 0 Å². The van der Waals surface area contributed by atoms with Gasteiger partial charge >= 0.3 is 0 Å². The topological polar surface area (TPSA) is 53.5 Å². The van der Waals surface area contributed by atoms with Crippen molar-refractivity contribution in [3.63, 3.8) is 0 Å². The summed E-state index contributed by atoms with van der Waals surface area (Å²) in [5.74, 6) is 3.18. The third-order valence-electron chi connectivity index (χ3n) is 8.82. The molecule has 2 atom stereocenters. The molecule has 0 radical (unpaired) electrons. The van der Waals surface area contributed by atoms with Gasteiger partial charge in [0, 0.05) is 37.1 Å². The number of likely N-dealkylation sites (tertiary alicyclic amines) is 2. The molecule has 6 fully saturated rings. The van der Waals surface area contributed by atoms with E-state index in [-0.39, 0.29) is 17.4 Å². The molecule has 6 aliphatic rings. The van der Waals surface area contributed by atoms with E-state index >= 15 is 0 Å². The fourth-order valence-corrected chi connectivity index (χ4v) is 8.74. The van der Waals surface area contributed by atoms with Crippen LogP contribution in [-0.2, 0) is 9.59 Å². The van der Waals surface area contributed by atoms with Gasteiger partial charge in [-0.2, -0.15) is 0 Å². The molecule has 2 unspecified atom stereocenters. The first-order chi connectivity index (χ1) is 14.6. The predicted octanol–water partition coefficient (Wildman–Crippen LogP) is 4.06. The number of rotatable bonds is 3. The second-order valence-corrected chi connectivity index (χ2v) is 11.8. The minimum atomic E-state index is -0.222. The largest absolute Gasteiger partial charge is 0.340 e. The number of hydrogen-bond acceptors (Lipinski definition) is 4. The van der Waals surface area contributed by atoms with Crippen LogP contribution in [0.2, 0.25) is 0 Å². The zero-order chi connectivity index (χ0) is 20.3. The van der Waals surface area contributed by atoms with Gasteiger partial charge in [-0.1, -0.05) is 0 Å². The second kappa shape index (κ2) is 7.32. The van der Waals surface area contributed by atoms with Crippen molar-refractivity contribution in [2.75, 3.05) is 19.6 Å². The third-order valence-corrected chi connectivity index (χ3v) is 9.76. The molecule has 0 spiro atoms. The Morgan fingerprint density at radius 1 is 1.00 bits per heavy atom. The van der Waals surface area contributed by atoms with Gasteiger partial charge < -0.3 is 9.80 Å². The first kappa shape index (κ1) is 19.3. The molecule has 1 aromatic heterocycles. The summed E-state index contributed by atoms with van der Waals surface area (Å²) < 4.78 is 0. The summed E-state index contributed by atoms with van der Waals surface area (Å²) in [5.41, 5.74) is -0.136. The highest BCUT2D eigenvalue weighted by Gasteiger charge is 2.57. The highest BCUT2D eigenvalue weighted by Crippen LogP contribution is 2.60. The zero-order valence-corrected chi connectivity index (χ0v) is 18.6. The molecule has 0 N–H and O–H groups in total. The molecule has 4 saturated carbocycles. The summed E-state index contributed by atoms with van der Waals surface area (Å²) in [5, 5.41) is 3.18. The quantitative estimate of drug-likeness (QED) is 0.731. The van der Waals surface area contributed by atoms with E-state index in [0.717, 1.165) is 87.3 Å². The van der Waals surface area contributed by atoms with E-state index in [2.05, 4.69) is 4.98 Å². The van der Waals surface area contributed by atoms with E-state index in [1.165, 1.54) is 19.3 Å². The fourth-order valence-electron chi connectivity index (χ4n) is 7.97. The molecule has 6 heteroatoms. The molecule has 1 aromatic rings. The lowest BCUT2D eigenvalue weighted by atomic mass is 9.49. The Morgan fingerprint density at radius 3 is 2.37 bits per heavy atom. The molecule has 2 amide bonds. The average Bonchev–Trinajstić information content (AvgIpc) is 3.44. The second-order valence-electron chi connectivity index (χ2n) is 10.8. The van der Waals surface area contributed by atoms with E-state index in [9.17, 15) is 9.59 Å². The van der Waals surface area contributed by atoms with Gasteiger partial charge in [0.05, 0.1) is 10.4 Å². The van der Waals surface area contributed by atoms with Crippen molar-refractivity contribution in [1.29, 1.82) is 0 Å². The Bertz CT molecular complexity index is 787. The van der Waals surface area contributed by atoms with Gasteiger partial charge in [-0.25, -0.2) is 4.98 Å². The van der Waals surface area contributed by atoms with Crippen molar-refractivity contribution in [2.24, 2.45) is 23.2 Å². The van der Waals surface area contributed by atoms with E-state index in [1.54, 1.807) is 11.3 Å². The number of aromatic nitrogens is 1. The number of thiazole rings is 1. The molecule has 2 aliphatic heterocycles. The molecular formula is C24H33N3O2S. The van der Waals surface area contributed by atoms with Crippen molar-refractivity contribution in [3.05, 3.63) is 16.6 Å². The predicted molar refractivity (Wildman–Crippen MR) is 116 cm³/mol. The molecule has 2 saturated heterocycles. The highest BCUT2D eigenvalue weighted by atomic mass is 32.1. The van der Waals surface area contributed by atoms with Gasteiger partial charge in [-0.05, 0) is 82.0 Å². The lowest BCUT2D eigenvalue weighted by molar-refractivity contribution is -0.162. The van der Waals surface area contributed by atoms with E-state index in [1.807, 2.05) is 21.4 Å². The number of carbonyl (C=O) groups excluding carboxylic acids is 2. The van der Waals surface area contributed by atoms with E-state index in [4.69, 9.17) is 0 Å². The van der Waals surface area contributed by atoms with Crippen molar-refractivity contribution < 1.29 is 9.59 Å². The van der Waals surface area contributed by atoms with Crippen LogP contribution in [0.4, 0.5) is 0 Å². The Morgan fingerprint density at radius 2 is 1.70 bits per heavy atom. The maximum absolute atomic E-state index is 13.9. The highest BCUT2D eigenvalue weighted by molar-refractivity contribution is 7.09. The summed E-state index contributed by atoms with van der Waals surface area (Å²) in [6.07, 6.45) is 13.1. The molecular weight excluding hydrogens is 394 g/mol. The SMILES string of the molecule is O=C(C1CCCN1C(=O)C12CC3CC(CC(C3)C1)C2)N1CCCC(c2nccs2)C1. The van der Waals surface area contributed by atoms with Crippen molar-refractivity contribution >= 4 is 23.2 Å². The smallest absolute Gasteiger partial charge is 0.245 e. The maximum Gasteiger partial charge on any atom is 0.245 e. The lowest BCUT2D eigenvalue weighted by Crippen LogP contribution is -2.58. The Hall–Kier alpha value is -1.43. The summed E-state index contributed by atoms with van der Waals surface area (Å²) in [4.78, 5) is 36.0. The molecule has 7 rings (SSSR count). The van der Waals surface area contributed by atoms with E-state index < -0.39 is 0 Å². The minimum Gasteiger partial charge on any atom is -0.340 e. The average molecular weight is 428 g/mol. The maximum atomic E-state index is 13.9. The molecule has 5 nitrogen and oxygen atoms in total. The Labute approximate surface area is 183 Å². The zero-order valence-electron chi connectivity index (χ0n) is 17.8. The minimum absolute atomic E-state index is 0.136. The molecule has 3 heterocycles. The van der Waals surface area contributed by atoms with Gasteiger partial charge in [0.2, 0.25) is 11.8 Å². The van der Waals surface area contributed by atoms with Crippen LogP contribution in [0.15, 0.2) is 11.6 Å². The van der Waals surface area contributed by atoms with Gasteiger partial charge in [-0.3, -0.25) is 9.59 Å². The van der Waals surface area contributed by atoms with Crippen molar-refractivity contribution in [3.8, 4) is 0 Å². The van der Waals surface area contributed by atoms with Crippen LogP contribution in [0.25, 0.3) is 0 Å². The summed E-state index contributed by atoms with van der Waals surface area (Å²) in [6.45, 7) is 2.37. The van der Waals surface area contributed by atoms with Crippen LogP contribution in [0, 0.1) is 23.2 Å². The van der Waals surface area contributed by atoms with Crippen LogP contribution >= 0.6 is 11.3 Å².